The van der Waals surface area contributed by atoms with Gasteiger partial charge in [-0.15, -0.1) is 0 Å². The molecule has 0 bridgehead atoms. The largest absolute Gasteiger partial charge is 0.358 e. The lowest BCUT2D eigenvalue weighted by atomic mass is 10.0. The Morgan fingerprint density at radius 1 is 1.15 bits per heavy atom. The van der Waals surface area contributed by atoms with Crippen LogP contribution in [0.15, 0.2) is 42.5 Å². The maximum absolute atomic E-state index is 12.2. The second kappa shape index (κ2) is 7.25. The first-order chi connectivity index (χ1) is 12.7. The number of thiazole rings is 1. The average Bonchev–Trinajstić information content (AvgIpc) is 3.28. The van der Waals surface area contributed by atoms with Crippen molar-refractivity contribution in [3.63, 3.8) is 0 Å². The number of aryl methyl sites for hydroxylation is 2. The number of anilines is 1. The van der Waals surface area contributed by atoms with Gasteiger partial charge in [0.15, 0.2) is 10.9 Å². The van der Waals surface area contributed by atoms with Gasteiger partial charge in [-0.2, -0.15) is 0 Å². The summed E-state index contributed by atoms with van der Waals surface area (Å²) >= 11 is 1.29. The molecule has 3 aromatic rings. The molecule has 0 aliphatic heterocycles. The zero-order valence-electron chi connectivity index (χ0n) is 14.2. The molecular formula is C20H19N3O2S. The number of rotatable bonds is 5. The lowest BCUT2D eigenvalue weighted by Gasteiger charge is -2.05. The minimum atomic E-state index is -0.0839. The molecule has 6 heteroatoms. The Hall–Kier alpha value is -2.73. The SMILES string of the molecule is O=C(CCc1ccc(-c2ccccc2)[nH]1)Nc1nc2c(s1)C(=O)CCC2. The zero-order chi connectivity index (χ0) is 17.9. The topological polar surface area (TPSA) is 74.8 Å². The summed E-state index contributed by atoms with van der Waals surface area (Å²) in [5.41, 5.74) is 4.03. The molecule has 1 aliphatic rings. The molecule has 4 rings (SSSR count). The number of aromatic amines is 1. The Bertz CT molecular complexity index is 943. The molecule has 0 saturated heterocycles. The Labute approximate surface area is 155 Å². The van der Waals surface area contributed by atoms with Gasteiger partial charge in [0.1, 0.15) is 0 Å². The summed E-state index contributed by atoms with van der Waals surface area (Å²) < 4.78 is 0. The second-order valence-corrected chi connectivity index (χ2v) is 7.38. The van der Waals surface area contributed by atoms with Crippen LogP contribution in [0.3, 0.4) is 0 Å². The van der Waals surface area contributed by atoms with Crippen LogP contribution in [-0.4, -0.2) is 21.7 Å². The standard InChI is InChI=1S/C20H19N3O2S/c24-17-8-4-7-16-19(17)26-20(22-16)23-18(25)12-10-14-9-11-15(21-14)13-5-2-1-3-6-13/h1-3,5-6,9,11,21H,4,7-8,10,12H2,(H,22,23,25). The number of hydrogen-bond donors (Lipinski definition) is 2. The normalized spacial score (nSPS) is 13.5. The lowest BCUT2D eigenvalue weighted by Crippen LogP contribution is -2.12. The second-order valence-electron chi connectivity index (χ2n) is 6.38. The number of aromatic nitrogens is 2. The van der Waals surface area contributed by atoms with E-state index in [0.29, 0.717) is 29.3 Å². The monoisotopic (exact) mass is 365 g/mol. The van der Waals surface area contributed by atoms with Gasteiger partial charge in [-0.25, -0.2) is 4.98 Å². The maximum atomic E-state index is 12.2. The minimum Gasteiger partial charge on any atom is -0.358 e. The van der Waals surface area contributed by atoms with Crippen LogP contribution in [0, 0.1) is 0 Å². The Morgan fingerprint density at radius 3 is 2.81 bits per heavy atom. The van der Waals surface area contributed by atoms with E-state index in [2.05, 4.69) is 15.3 Å². The summed E-state index contributed by atoms with van der Waals surface area (Å²) in [4.78, 5) is 32.5. The van der Waals surface area contributed by atoms with E-state index in [1.54, 1.807) is 0 Å². The van der Waals surface area contributed by atoms with Crippen molar-refractivity contribution in [3.8, 4) is 11.3 Å². The van der Waals surface area contributed by atoms with Crippen LogP contribution in [0.5, 0.6) is 0 Å². The molecule has 26 heavy (non-hydrogen) atoms. The fourth-order valence-electron chi connectivity index (χ4n) is 3.12. The number of hydrogen-bond acceptors (Lipinski definition) is 4. The van der Waals surface area contributed by atoms with Crippen molar-refractivity contribution in [1.82, 2.24) is 9.97 Å². The first kappa shape index (κ1) is 16.7. The van der Waals surface area contributed by atoms with Crippen molar-refractivity contribution in [2.24, 2.45) is 0 Å². The van der Waals surface area contributed by atoms with Crippen LogP contribution in [0.1, 0.15) is 40.3 Å². The van der Waals surface area contributed by atoms with Gasteiger partial charge in [-0.05, 0) is 37.0 Å². The molecule has 1 aromatic carbocycles. The number of carbonyl (C=O) groups excluding carboxylic acids is 2. The molecule has 0 saturated carbocycles. The van der Waals surface area contributed by atoms with Crippen molar-refractivity contribution < 1.29 is 9.59 Å². The van der Waals surface area contributed by atoms with Gasteiger partial charge in [-0.1, -0.05) is 41.7 Å². The van der Waals surface area contributed by atoms with Crippen LogP contribution < -0.4 is 5.32 Å². The number of Topliss-reactive ketones (excluding diaryl/α,β-unsaturated/α-hetero) is 1. The highest BCUT2D eigenvalue weighted by molar-refractivity contribution is 7.17. The minimum absolute atomic E-state index is 0.0839. The van der Waals surface area contributed by atoms with Crippen molar-refractivity contribution in [1.29, 1.82) is 0 Å². The number of nitrogens with zero attached hydrogens (tertiary/aromatic N) is 1. The summed E-state index contributed by atoms with van der Waals surface area (Å²) in [6, 6.07) is 14.1. The molecule has 2 aromatic heterocycles. The molecule has 2 N–H and O–H groups in total. The van der Waals surface area contributed by atoms with E-state index in [-0.39, 0.29) is 11.7 Å². The van der Waals surface area contributed by atoms with Crippen molar-refractivity contribution in [2.45, 2.75) is 32.1 Å². The Morgan fingerprint density at radius 2 is 2.00 bits per heavy atom. The first-order valence-corrected chi connectivity index (χ1v) is 9.57. The van der Waals surface area contributed by atoms with Crippen LogP contribution in [-0.2, 0) is 17.6 Å². The molecule has 1 aliphatic carbocycles. The molecule has 0 spiro atoms. The van der Waals surface area contributed by atoms with E-state index >= 15 is 0 Å². The first-order valence-electron chi connectivity index (χ1n) is 8.75. The van der Waals surface area contributed by atoms with Gasteiger partial charge >= 0.3 is 0 Å². The zero-order valence-corrected chi connectivity index (χ0v) is 15.1. The third-order valence-corrected chi connectivity index (χ3v) is 5.52. The van der Waals surface area contributed by atoms with Crippen molar-refractivity contribution >= 4 is 28.2 Å². The van der Waals surface area contributed by atoms with Gasteiger partial charge in [0.25, 0.3) is 0 Å². The summed E-state index contributed by atoms with van der Waals surface area (Å²) in [6.45, 7) is 0. The number of nitrogens with one attached hydrogen (secondary N) is 2. The molecule has 0 radical (unpaired) electrons. The van der Waals surface area contributed by atoms with Gasteiger partial charge < -0.3 is 10.3 Å². The van der Waals surface area contributed by atoms with Crippen LogP contribution >= 0.6 is 11.3 Å². The molecule has 0 atom stereocenters. The highest BCUT2D eigenvalue weighted by atomic mass is 32.1. The van der Waals surface area contributed by atoms with E-state index in [4.69, 9.17) is 0 Å². The molecule has 5 nitrogen and oxygen atoms in total. The van der Waals surface area contributed by atoms with Crippen LogP contribution in [0.4, 0.5) is 5.13 Å². The average molecular weight is 365 g/mol. The fourth-order valence-corrected chi connectivity index (χ4v) is 4.12. The Balaban J connectivity index is 1.35. The number of ketones is 1. The number of H-pyrrole nitrogens is 1. The van der Waals surface area contributed by atoms with Gasteiger partial charge in [0, 0.05) is 24.2 Å². The number of amides is 1. The van der Waals surface area contributed by atoms with E-state index in [1.807, 2.05) is 42.5 Å². The van der Waals surface area contributed by atoms with Gasteiger partial charge in [0.05, 0.1) is 10.6 Å². The Kier molecular flexibility index (Phi) is 4.67. The van der Waals surface area contributed by atoms with Crippen molar-refractivity contribution in [3.05, 3.63) is 58.7 Å². The third-order valence-electron chi connectivity index (χ3n) is 4.47. The molecule has 132 valence electrons. The highest BCUT2D eigenvalue weighted by Crippen LogP contribution is 2.29. The molecular weight excluding hydrogens is 346 g/mol. The molecule has 0 unspecified atom stereocenters. The molecule has 0 fully saturated rings. The maximum Gasteiger partial charge on any atom is 0.226 e. The smallest absolute Gasteiger partial charge is 0.226 e. The number of benzene rings is 1. The fraction of sp³-hybridized carbons (Fsp3) is 0.250. The summed E-state index contributed by atoms with van der Waals surface area (Å²) in [5, 5.41) is 3.36. The van der Waals surface area contributed by atoms with Gasteiger partial charge in [0.2, 0.25) is 5.91 Å². The molecule has 2 heterocycles. The van der Waals surface area contributed by atoms with Crippen molar-refractivity contribution in [2.75, 3.05) is 5.32 Å². The lowest BCUT2D eigenvalue weighted by molar-refractivity contribution is -0.116. The quantitative estimate of drug-likeness (QED) is 0.710. The third kappa shape index (κ3) is 3.60. The number of fused-ring (bicyclic) bond motifs is 1. The van der Waals surface area contributed by atoms with E-state index in [9.17, 15) is 9.59 Å². The van der Waals surface area contributed by atoms with Gasteiger partial charge in [-0.3, -0.25) is 9.59 Å². The molecule has 1 amide bonds. The van der Waals surface area contributed by atoms with Crippen LogP contribution in [0.25, 0.3) is 11.3 Å². The van der Waals surface area contributed by atoms with Crippen LogP contribution in [0.2, 0.25) is 0 Å². The highest BCUT2D eigenvalue weighted by Gasteiger charge is 2.22. The summed E-state index contributed by atoms with van der Waals surface area (Å²) in [7, 11) is 0. The predicted molar refractivity (Wildman–Crippen MR) is 103 cm³/mol. The van der Waals surface area contributed by atoms with E-state index in [0.717, 1.165) is 35.5 Å². The number of carbonyl (C=O) groups is 2. The summed E-state index contributed by atoms with van der Waals surface area (Å²) in [6.07, 6.45) is 3.24. The summed E-state index contributed by atoms with van der Waals surface area (Å²) in [5.74, 6) is 0.0588. The predicted octanol–water partition coefficient (Wildman–Crippen LogP) is 4.23. The van der Waals surface area contributed by atoms with E-state index < -0.39 is 0 Å². The van der Waals surface area contributed by atoms with E-state index in [1.165, 1.54) is 11.3 Å².